The second kappa shape index (κ2) is 12.5. The number of hydrogen-bond donors (Lipinski definition) is 0. The normalized spacial score (nSPS) is 20.9. The van der Waals surface area contributed by atoms with Crippen molar-refractivity contribution >= 4 is 30.6 Å². The number of carbonyl (C=O) groups is 2. The lowest BCUT2D eigenvalue weighted by Gasteiger charge is -2.43. The molecule has 218 valence electrons. The molecule has 1 aliphatic rings. The zero-order valence-electron chi connectivity index (χ0n) is 24.4. The Kier molecular flexibility index (Phi) is 9.26. The fourth-order valence-corrected chi connectivity index (χ4v) is 10.2. The van der Waals surface area contributed by atoms with Crippen LogP contribution in [0, 0.1) is 12.8 Å². The number of hydrogen-bond acceptors (Lipinski definition) is 8. The van der Waals surface area contributed by atoms with Crippen molar-refractivity contribution in [3.05, 3.63) is 89.1 Å². The van der Waals surface area contributed by atoms with Gasteiger partial charge in [-0.2, -0.15) is 4.98 Å². The number of aryl methyl sites for hydroxylation is 1. The van der Waals surface area contributed by atoms with E-state index in [1.807, 2.05) is 36.4 Å². The minimum atomic E-state index is -2.94. The highest BCUT2D eigenvalue weighted by atomic mass is 28.4. The number of esters is 2. The second-order valence-electron chi connectivity index (χ2n) is 11.3. The molecule has 0 radical (unpaired) electrons. The van der Waals surface area contributed by atoms with E-state index in [9.17, 15) is 14.4 Å². The Morgan fingerprint density at radius 3 is 2.00 bits per heavy atom. The van der Waals surface area contributed by atoms with Crippen molar-refractivity contribution in [1.29, 1.82) is 0 Å². The minimum Gasteiger partial charge on any atom is -0.465 e. The number of carbonyl (C=O) groups excluding carboxylic acids is 2. The van der Waals surface area contributed by atoms with E-state index < -0.39 is 50.3 Å². The molecule has 0 bridgehead atoms. The van der Waals surface area contributed by atoms with Gasteiger partial charge in [-0.05, 0) is 28.4 Å². The molecule has 9 nitrogen and oxygen atoms in total. The summed E-state index contributed by atoms with van der Waals surface area (Å²) in [6, 6.07) is 22.1. The van der Waals surface area contributed by atoms with Crippen molar-refractivity contribution in [3.63, 3.8) is 0 Å². The number of ether oxygens (including phenoxy) is 3. The first-order valence-electron chi connectivity index (χ1n) is 13.7. The van der Waals surface area contributed by atoms with Gasteiger partial charge in [-0.15, -0.1) is 0 Å². The first kappa shape index (κ1) is 30.4. The predicted octanol–water partition coefficient (Wildman–Crippen LogP) is 3.14. The van der Waals surface area contributed by atoms with Crippen LogP contribution in [0.3, 0.4) is 0 Å². The topological polar surface area (TPSA) is 106 Å². The smallest absolute Gasteiger partial charge is 0.350 e. The van der Waals surface area contributed by atoms with Gasteiger partial charge in [0.1, 0.15) is 6.61 Å². The van der Waals surface area contributed by atoms with Crippen LogP contribution in [0.25, 0.3) is 0 Å². The second-order valence-corrected chi connectivity index (χ2v) is 15.6. The van der Waals surface area contributed by atoms with Gasteiger partial charge in [-0.1, -0.05) is 81.4 Å². The molecule has 1 aliphatic heterocycles. The van der Waals surface area contributed by atoms with E-state index in [0.29, 0.717) is 5.69 Å². The van der Waals surface area contributed by atoms with Crippen LogP contribution in [0.15, 0.2) is 77.7 Å². The van der Waals surface area contributed by atoms with Gasteiger partial charge in [0.15, 0.2) is 12.3 Å². The third kappa shape index (κ3) is 6.50. The summed E-state index contributed by atoms with van der Waals surface area (Å²) < 4.78 is 26.0. The molecule has 0 saturated carbocycles. The summed E-state index contributed by atoms with van der Waals surface area (Å²) in [5.74, 6) is -1.62. The highest BCUT2D eigenvalue weighted by molar-refractivity contribution is 6.99. The summed E-state index contributed by atoms with van der Waals surface area (Å²) in [7, 11) is -2.94. The summed E-state index contributed by atoms with van der Waals surface area (Å²) in [5.41, 5.74) is 0.0169. The van der Waals surface area contributed by atoms with Gasteiger partial charge in [0.2, 0.25) is 0 Å². The zero-order chi connectivity index (χ0) is 29.8. The van der Waals surface area contributed by atoms with E-state index in [0.717, 1.165) is 10.4 Å². The molecule has 2 aromatic carbocycles. The average Bonchev–Trinajstić information content (AvgIpc) is 3.24. The third-order valence-corrected chi connectivity index (χ3v) is 12.4. The van der Waals surface area contributed by atoms with Crippen molar-refractivity contribution in [2.45, 2.75) is 65.0 Å². The largest absolute Gasteiger partial charge is 0.465 e. The fourth-order valence-electron chi connectivity index (χ4n) is 5.58. The van der Waals surface area contributed by atoms with Crippen LogP contribution >= 0.6 is 0 Å². The molecule has 1 saturated heterocycles. The van der Waals surface area contributed by atoms with E-state index >= 15 is 0 Å². The maximum absolute atomic E-state index is 12.9. The molecular formula is C31H38N2O7Si. The summed E-state index contributed by atoms with van der Waals surface area (Å²) in [5, 5.41) is 1.91. The summed E-state index contributed by atoms with van der Waals surface area (Å²) >= 11 is 0. The van der Waals surface area contributed by atoms with E-state index in [4.69, 9.17) is 18.6 Å². The van der Waals surface area contributed by atoms with Crippen molar-refractivity contribution in [2.24, 2.45) is 5.92 Å². The molecule has 0 N–H and O–H groups in total. The molecule has 41 heavy (non-hydrogen) atoms. The lowest BCUT2D eigenvalue weighted by Crippen LogP contribution is -2.67. The molecule has 3 aromatic rings. The Hall–Kier alpha value is -3.60. The van der Waals surface area contributed by atoms with Gasteiger partial charge in [0.05, 0.1) is 18.6 Å². The SMILES string of the molecule is CC(=O)OC[C@H]1[C@@H](OC(C)=O)[C@H](n2ccc(C)nc2=O)O[C@@H]1CO[Si](c1ccccc1)(c1ccccc1)C(C)(C)C. The molecule has 0 spiro atoms. The monoisotopic (exact) mass is 578 g/mol. The Bertz CT molecular complexity index is 1370. The first-order chi connectivity index (χ1) is 19.4. The highest BCUT2D eigenvalue weighted by Gasteiger charge is 2.53. The van der Waals surface area contributed by atoms with Crippen LogP contribution in [-0.2, 0) is 28.2 Å². The fraction of sp³-hybridized carbons (Fsp3) is 0.419. The number of nitrogens with zero attached hydrogens (tertiary/aromatic N) is 2. The Morgan fingerprint density at radius 2 is 1.51 bits per heavy atom. The Balaban J connectivity index is 1.78. The molecule has 4 atom stereocenters. The van der Waals surface area contributed by atoms with E-state index in [-0.39, 0.29) is 18.3 Å². The van der Waals surface area contributed by atoms with Crippen molar-refractivity contribution in [1.82, 2.24) is 9.55 Å². The number of aromatic nitrogens is 2. The molecular weight excluding hydrogens is 540 g/mol. The van der Waals surface area contributed by atoms with Crippen molar-refractivity contribution in [3.8, 4) is 0 Å². The third-order valence-electron chi connectivity index (χ3n) is 7.40. The van der Waals surface area contributed by atoms with E-state index in [1.54, 1.807) is 19.2 Å². The lowest BCUT2D eigenvalue weighted by molar-refractivity contribution is -0.155. The summed E-state index contributed by atoms with van der Waals surface area (Å²) in [6.45, 7) is 10.9. The first-order valence-corrected chi connectivity index (χ1v) is 15.6. The quantitative estimate of drug-likeness (QED) is 0.282. The van der Waals surface area contributed by atoms with Crippen molar-refractivity contribution < 1.29 is 28.2 Å². The van der Waals surface area contributed by atoms with Crippen molar-refractivity contribution in [2.75, 3.05) is 13.2 Å². The molecule has 10 heteroatoms. The van der Waals surface area contributed by atoms with Gasteiger partial charge >= 0.3 is 17.6 Å². The summed E-state index contributed by atoms with van der Waals surface area (Å²) in [4.78, 5) is 41.0. The van der Waals surface area contributed by atoms with Gasteiger partial charge in [-0.3, -0.25) is 14.2 Å². The molecule has 1 fully saturated rings. The molecule has 0 amide bonds. The molecule has 0 unspecified atom stereocenters. The van der Waals surface area contributed by atoms with Crippen LogP contribution in [0.1, 0.15) is 46.5 Å². The average molecular weight is 579 g/mol. The van der Waals surface area contributed by atoms with Gasteiger partial charge < -0.3 is 18.6 Å². The molecule has 2 heterocycles. The number of benzene rings is 2. The maximum atomic E-state index is 12.9. The van der Waals surface area contributed by atoms with E-state index in [1.165, 1.54) is 18.4 Å². The molecule has 0 aliphatic carbocycles. The van der Waals surface area contributed by atoms with Crippen LogP contribution in [0.2, 0.25) is 5.04 Å². The number of rotatable bonds is 9. The highest BCUT2D eigenvalue weighted by Crippen LogP contribution is 2.40. The van der Waals surface area contributed by atoms with Crippen LogP contribution < -0.4 is 16.1 Å². The van der Waals surface area contributed by atoms with Crippen LogP contribution in [-0.4, -0.2) is 55.2 Å². The Labute approximate surface area is 241 Å². The Morgan fingerprint density at radius 1 is 0.927 bits per heavy atom. The minimum absolute atomic E-state index is 0.0768. The van der Waals surface area contributed by atoms with Crippen LogP contribution in [0.4, 0.5) is 0 Å². The summed E-state index contributed by atoms with van der Waals surface area (Å²) in [6.07, 6.45) is -0.992. The molecule has 4 rings (SSSR count). The molecule has 1 aromatic heterocycles. The van der Waals surface area contributed by atoms with Gasteiger partial charge in [0.25, 0.3) is 8.32 Å². The standard InChI is InChI=1S/C31H38N2O7Si/c1-21-17-18-33(30(36)32-21)29-28(39-23(3)35)26(19-37-22(2)34)27(40-29)20-38-41(31(4,5)6,24-13-9-7-10-14-24)25-15-11-8-12-16-25/h7-18,26-29H,19-20H2,1-6H3/t26-,27-,28-,29-/m1/s1. The van der Waals surface area contributed by atoms with Gasteiger partial charge in [-0.25, -0.2) is 4.79 Å². The maximum Gasteiger partial charge on any atom is 0.350 e. The van der Waals surface area contributed by atoms with Gasteiger partial charge in [0, 0.05) is 25.7 Å². The van der Waals surface area contributed by atoms with Crippen LogP contribution in [0.5, 0.6) is 0 Å². The zero-order valence-corrected chi connectivity index (χ0v) is 25.4. The predicted molar refractivity (Wildman–Crippen MR) is 156 cm³/mol. The lowest BCUT2D eigenvalue weighted by atomic mass is 9.99. The van der Waals surface area contributed by atoms with E-state index in [2.05, 4.69) is 50.0 Å².